The van der Waals surface area contributed by atoms with E-state index in [1.54, 1.807) is 24.3 Å². The van der Waals surface area contributed by atoms with Crippen LogP contribution in [0.15, 0.2) is 30.3 Å². The van der Waals surface area contributed by atoms with Crippen LogP contribution in [0.5, 0.6) is 0 Å². The van der Waals surface area contributed by atoms with Gasteiger partial charge in [0.25, 0.3) is 0 Å². The van der Waals surface area contributed by atoms with Gasteiger partial charge < -0.3 is 0 Å². The molecule has 0 saturated heterocycles. The molecule has 1 aromatic heterocycles. The number of halogens is 3. The molecule has 2 aromatic rings. The molecule has 2 N–H and O–H groups in total. The average molecular weight is 341 g/mol. The van der Waals surface area contributed by atoms with Gasteiger partial charge in [0.1, 0.15) is 5.82 Å². The lowest BCUT2D eigenvalue weighted by Crippen LogP contribution is -2.31. The smallest absolute Gasteiger partial charge is 0.242 e. The Morgan fingerprint density at radius 3 is 2.73 bits per heavy atom. The molecule has 1 fully saturated rings. The van der Waals surface area contributed by atoms with E-state index in [9.17, 15) is 9.18 Å². The Balaban J connectivity index is 1.60. The first kappa shape index (κ1) is 15.0. The number of rotatable bonds is 4. The molecular weight excluding hydrogens is 330 g/mol. The predicted octanol–water partition coefficient (Wildman–Crippen LogP) is 3.17. The van der Waals surface area contributed by atoms with E-state index in [0.717, 1.165) is 0 Å². The summed E-state index contributed by atoms with van der Waals surface area (Å²) in [6, 6.07) is 7.63. The summed E-state index contributed by atoms with van der Waals surface area (Å²) in [6.07, 6.45) is 0.556. The number of carbonyl (C=O) groups is 1. The normalized spacial score (nSPS) is 19.6. The van der Waals surface area contributed by atoms with Crippen LogP contribution in [0.4, 0.5) is 10.2 Å². The molecule has 1 amide bonds. The quantitative estimate of drug-likeness (QED) is 0.839. The largest absolute Gasteiger partial charge is 0.280 e. The van der Waals surface area contributed by atoms with E-state index < -0.39 is 0 Å². The highest BCUT2D eigenvalue weighted by Gasteiger charge is 2.46. The third-order valence-electron chi connectivity index (χ3n) is 3.44. The van der Waals surface area contributed by atoms with E-state index in [0.29, 0.717) is 22.8 Å². The van der Waals surface area contributed by atoms with Gasteiger partial charge in [-0.25, -0.2) is 4.39 Å². The zero-order valence-electron chi connectivity index (χ0n) is 11.2. The maximum atomic E-state index is 13.8. The van der Waals surface area contributed by atoms with Crippen LogP contribution in [0, 0.1) is 11.7 Å². The van der Waals surface area contributed by atoms with Crippen LogP contribution in [0.3, 0.4) is 0 Å². The van der Waals surface area contributed by atoms with Crippen molar-refractivity contribution in [2.24, 2.45) is 5.92 Å². The second-order valence-corrected chi connectivity index (χ2v) is 5.73. The highest BCUT2D eigenvalue weighted by molar-refractivity contribution is 6.31. The molecule has 8 heteroatoms. The number of hydrogen-bond donors (Lipinski definition) is 2. The van der Waals surface area contributed by atoms with Crippen molar-refractivity contribution in [1.82, 2.24) is 15.6 Å². The lowest BCUT2D eigenvalue weighted by molar-refractivity contribution is -0.121. The van der Waals surface area contributed by atoms with Gasteiger partial charge in [-0.3, -0.25) is 15.6 Å². The molecule has 0 radical (unpaired) electrons. The summed E-state index contributed by atoms with van der Waals surface area (Å²) < 4.78 is 13.8. The van der Waals surface area contributed by atoms with Crippen LogP contribution in [0.2, 0.25) is 10.2 Å². The van der Waals surface area contributed by atoms with Crippen LogP contribution in [0.1, 0.15) is 17.9 Å². The van der Waals surface area contributed by atoms with Gasteiger partial charge >= 0.3 is 0 Å². The first-order chi connectivity index (χ1) is 10.6. The summed E-state index contributed by atoms with van der Waals surface area (Å²) in [7, 11) is 0. The topological polar surface area (TPSA) is 66.9 Å². The Kier molecular flexibility index (Phi) is 4.13. The SMILES string of the molecule is O=C(NNc1ccc(Cl)nn1)C1CC1c1c(F)cccc1Cl. The van der Waals surface area contributed by atoms with Gasteiger partial charge in [-0.2, -0.15) is 0 Å². The molecular formula is C14H11Cl2FN4O. The maximum absolute atomic E-state index is 13.8. The number of aromatic nitrogens is 2. The van der Waals surface area contributed by atoms with E-state index in [2.05, 4.69) is 21.0 Å². The molecule has 114 valence electrons. The third kappa shape index (κ3) is 3.13. The Morgan fingerprint density at radius 2 is 2.05 bits per heavy atom. The van der Waals surface area contributed by atoms with Crippen molar-refractivity contribution in [3.63, 3.8) is 0 Å². The van der Waals surface area contributed by atoms with E-state index in [4.69, 9.17) is 23.2 Å². The minimum absolute atomic E-state index is 0.202. The Labute approximate surface area is 135 Å². The molecule has 1 aliphatic carbocycles. The third-order valence-corrected chi connectivity index (χ3v) is 3.97. The second kappa shape index (κ2) is 6.06. The van der Waals surface area contributed by atoms with E-state index in [1.807, 2.05) is 0 Å². The van der Waals surface area contributed by atoms with Gasteiger partial charge in [-0.1, -0.05) is 29.3 Å². The van der Waals surface area contributed by atoms with Crippen molar-refractivity contribution in [3.8, 4) is 0 Å². The highest BCUT2D eigenvalue weighted by atomic mass is 35.5. The summed E-state index contributed by atoms with van der Waals surface area (Å²) in [5.74, 6) is -0.793. The van der Waals surface area contributed by atoms with Gasteiger partial charge in [-0.15, -0.1) is 10.2 Å². The molecule has 0 bridgehead atoms. The van der Waals surface area contributed by atoms with E-state index in [1.165, 1.54) is 6.07 Å². The first-order valence-corrected chi connectivity index (χ1v) is 7.31. The molecule has 2 atom stereocenters. The fourth-order valence-electron chi connectivity index (χ4n) is 2.27. The number of nitrogens with zero attached hydrogens (tertiary/aromatic N) is 2. The van der Waals surface area contributed by atoms with Crippen molar-refractivity contribution in [2.75, 3.05) is 5.43 Å². The van der Waals surface area contributed by atoms with E-state index in [-0.39, 0.29) is 28.7 Å². The van der Waals surface area contributed by atoms with E-state index >= 15 is 0 Å². The van der Waals surface area contributed by atoms with Crippen molar-refractivity contribution in [1.29, 1.82) is 0 Å². The minimum atomic E-state index is -0.385. The van der Waals surface area contributed by atoms with Crippen LogP contribution >= 0.6 is 23.2 Å². The van der Waals surface area contributed by atoms with Crippen molar-refractivity contribution >= 4 is 34.9 Å². The molecule has 5 nitrogen and oxygen atoms in total. The molecule has 1 aromatic carbocycles. The van der Waals surface area contributed by atoms with Crippen molar-refractivity contribution in [2.45, 2.75) is 12.3 Å². The fourth-order valence-corrected chi connectivity index (χ4v) is 2.67. The average Bonchev–Trinajstić information content (AvgIpc) is 3.26. The standard InChI is InChI=1S/C14H11Cl2FN4O/c15-9-2-1-3-10(17)13(9)7-6-8(7)14(22)21-20-12-5-4-11(16)18-19-12/h1-5,7-8H,6H2,(H,19,20)(H,21,22). The maximum Gasteiger partial charge on any atom is 0.242 e. The summed E-state index contributed by atoms with van der Waals surface area (Å²) in [5, 5.41) is 7.99. The van der Waals surface area contributed by atoms with Gasteiger partial charge in [0.2, 0.25) is 5.91 Å². The van der Waals surface area contributed by atoms with Crippen molar-refractivity contribution in [3.05, 3.63) is 51.9 Å². The summed E-state index contributed by atoms with van der Waals surface area (Å²) in [6.45, 7) is 0. The number of hydrogen-bond acceptors (Lipinski definition) is 4. The summed E-state index contributed by atoms with van der Waals surface area (Å²) in [5.41, 5.74) is 5.55. The van der Waals surface area contributed by atoms with Gasteiger partial charge in [-0.05, 0) is 30.7 Å². The molecule has 1 heterocycles. The number of carbonyl (C=O) groups excluding carboxylic acids is 1. The Hall–Kier alpha value is -1.92. The van der Waals surface area contributed by atoms with Gasteiger partial charge in [0.15, 0.2) is 11.0 Å². The van der Waals surface area contributed by atoms with Crippen LogP contribution < -0.4 is 10.9 Å². The zero-order valence-corrected chi connectivity index (χ0v) is 12.7. The van der Waals surface area contributed by atoms with Crippen molar-refractivity contribution < 1.29 is 9.18 Å². The fraction of sp³-hybridized carbons (Fsp3) is 0.214. The molecule has 3 rings (SSSR count). The molecule has 1 aliphatic rings. The molecule has 0 spiro atoms. The first-order valence-electron chi connectivity index (χ1n) is 6.55. The summed E-state index contributed by atoms with van der Waals surface area (Å²) >= 11 is 11.6. The number of anilines is 1. The monoisotopic (exact) mass is 340 g/mol. The second-order valence-electron chi connectivity index (χ2n) is 4.94. The Morgan fingerprint density at radius 1 is 1.23 bits per heavy atom. The lowest BCUT2D eigenvalue weighted by atomic mass is 10.1. The molecule has 22 heavy (non-hydrogen) atoms. The van der Waals surface area contributed by atoms with Gasteiger partial charge in [0, 0.05) is 22.4 Å². The molecule has 0 aliphatic heterocycles. The minimum Gasteiger partial charge on any atom is -0.280 e. The predicted molar refractivity (Wildman–Crippen MR) is 81.1 cm³/mol. The number of nitrogens with one attached hydrogen (secondary N) is 2. The molecule has 2 unspecified atom stereocenters. The van der Waals surface area contributed by atoms with Gasteiger partial charge in [0.05, 0.1) is 0 Å². The summed E-state index contributed by atoms with van der Waals surface area (Å²) in [4.78, 5) is 12.0. The highest BCUT2D eigenvalue weighted by Crippen LogP contribution is 2.50. The van der Waals surface area contributed by atoms with Crippen LogP contribution in [0.25, 0.3) is 0 Å². The Bertz CT molecular complexity index is 690. The number of hydrazine groups is 1. The number of benzene rings is 1. The molecule has 1 saturated carbocycles. The zero-order chi connectivity index (χ0) is 15.7. The van der Waals surface area contributed by atoms with Crippen LogP contribution in [-0.4, -0.2) is 16.1 Å². The number of amides is 1. The lowest BCUT2D eigenvalue weighted by Gasteiger charge is -2.08. The van der Waals surface area contributed by atoms with Crippen LogP contribution in [-0.2, 0) is 4.79 Å².